The first kappa shape index (κ1) is 16.9. The molecule has 1 amide bonds. The summed E-state index contributed by atoms with van der Waals surface area (Å²) in [4.78, 5) is 22.4. The Balaban J connectivity index is 1.94. The van der Waals surface area contributed by atoms with Gasteiger partial charge in [0.15, 0.2) is 6.54 Å². The summed E-state index contributed by atoms with van der Waals surface area (Å²) in [6, 6.07) is 13.5. The second-order valence-corrected chi connectivity index (χ2v) is 5.54. The van der Waals surface area contributed by atoms with Crippen LogP contribution in [0.5, 0.6) is 0 Å². The molecule has 2 aromatic rings. The van der Waals surface area contributed by atoms with Gasteiger partial charge in [-0.15, -0.1) is 0 Å². The fourth-order valence-electron chi connectivity index (χ4n) is 2.15. The normalized spacial score (nSPS) is 11.7. The molecule has 0 heterocycles. The van der Waals surface area contributed by atoms with E-state index in [0.717, 1.165) is 5.56 Å². The first-order valence-electron chi connectivity index (χ1n) is 7.09. The number of amides is 1. The molecular formula is C16H17ClN3O3+. The molecule has 0 unspecified atom stereocenters. The molecule has 0 aliphatic carbocycles. The highest BCUT2D eigenvalue weighted by atomic mass is 35.5. The highest BCUT2D eigenvalue weighted by Crippen LogP contribution is 2.22. The van der Waals surface area contributed by atoms with Gasteiger partial charge in [-0.05, 0) is 25.1 Å². The standard InChI is InChI=1S/C16H16ClN3O3/c1-11(12-5-4-6-13(17)9-12)18-10-16(21)19-14-7-2-3-8-15(14)20(22)23/h2-9,11,18H,10H2,1H3,(H,19,21)/p+1/t11-/m1/s1. The number of anilines is 1. The minimum Gasteiger partial charge on any atom is -0.333 e. The van der Waals surface area contributed by atoms with Crippen molar-refractivity contribution in [1.82, 2.24) is 0 Å². The summed E-state index contributed by atoms with van der Waals surface area (Å²) in [6.07, 6.45) is 0. The van der Waals surface area contributed by atoms with E-state index in [2.05, 4.69) is 5.32 Å². The summed E-state index contributed by atoms with van der Waals surface area (Å²) in [5, 5.41) is 16.0. The van der Waals surface area contributed by atoms with Crippen LogP contribution < -0.4 is 10.6 Å². The molecule has 0 aromatic heterocycles. The Morgan fingerprint density at radius 1 is 1.30 bits per heavy atom. The maximum atomic E-state index is 12.0. The number of carbonyl (C=O) groups excluding carboxylic acids is 1. The lowest BCUT2D eigenvalue weighted by molar-refractivity contribution is -0.682. The molecule has 0 saturated carbocycles. The van der Waals surface area contributed by atoms with Crippen molar-refractivity contribution in [3.8, 4) is 0 Å². The third-order valence-electron chi connectivity index (χ3n) is 3.41. The minimum absolute atomic E-state index is 0.0465. The van der Waals surface area contributed by atoms with Crippen molar-refractivity contribution < 1.29 is 15.0 Å². The summed E-state index contributed by atoms with van der Waals surface area (Å²) in [5.74, 6) is -0.298. The van der Waals surface area contributed by atoms with Gasteiger partial charge < -0.3 is 10.6 Å². The van der Waals surface area contributed by atoms with E-state index in [1.54, 1.807) is 18.2 Å². The van der Waals surface area contributed by atoms with E-state index in [-0.39, 0.29) is 29.9 Å². The third kappa shape index (κ3) is 4.77. The quantitative estimate of drug-likeness (QED) is 0.628. The number of quaternary nitrogens is 1. The number of benzene rings is 2. The van der Waals surface area contributed by atoms with Crippen LogP contribution in [0.3, 0.4) is 0 Å². The zero-order valence-electron chi connectivity index (χ0n) is 12.5. The van der Waals surface area contributed by atoms with E-state index in [1.165, 1.54) is 12.1 Å². The first-order chi connectivity index (χ1) is 11.0. The van der Waals surface area contributed by atoms with Crippen LogP contribution in [0, 0.1) is 10.1 Å². The molecule has 0 saturated heterocycles. The minimum atomic E-state index is -0.520. The molecule has 0 radical (unpaired) electrons. The average Bonchev–Trinajstić information content (AvgIpc) is 2.53. The molecule has 120 valence electrons. The summed E-state index contributed by atoms with van der Waals surface area (Å²) in [6.45, 7) is 2.11. The van der Waals surface area contributed by atoms with Gasteiger partial charge in [0.2, 0.25) is 0 Å². The first-order valence-corrected chi connectivity index (χ1v) is 7.47. The smallest absolute Gasteiger partial charge is 0.292 e. The lowest BCUT2D eigenvalue weighted by atomic mass is 10.1. The maximum Gasteiger partial charge on any atom is 0.292 e. The van der Waals surface area contributed by atoms with Crippen molar-refractivity contribution in [2.45, 2.75) is 13.0 Å². The lowest BCUT2D eigenvalue weighted by Gasteiger charge is -2.11. The molecule has 6 nitrogen and oxygen atoms in total. The number of halogens is 1. The molecule has 0 fully saturated rings. The SMILES string of the molecule is C[C@@H]([NH2+]CC(=O)Nc1ccccc1[N+](=O)[O-])c1cccc(Cl)c1. The average molecular weight is 335 g/mol. The lowest BCUT2D eigenvalue weighted by Crippen LogP contribution is -2.86. The van der Waals surface area contributed by atoms with Gasteiger partial charge in [-0.25, -0.2) is 0 Å². The molecule has 0 bridgehead atoms. The summed E-state index contributed by atoms with van der Waals surface area (Å²) < 4.78 is 0. The molecule has 0 spiro atoms. The number of nitrogens with one attached hydrogen (secondary N) is 1. The zero-order chi connectivity index (χ0) is 16.8. The van der Waals surface area contributed by atoms with Crippen molar-refractivity contribution in [3.05, 3.63) is 69.2 Å². The third-order valence-corrected chi connectivity index (χ3v) is 3.64. The number of hydrogen-bond acceptors (Lipinski definition) is 3. The number of nitrogens with two attached hydrogens (primary N) is 1. The highest BCUT2D eigenvalue weighted by molar-refractivity contribution is 6.30. The van der Waals surface area contributed by atoms with E-state index in [4.69, 9.17) is 11.6 Å². The van der Waals surface area contributed by atoms with Gasteiger partial charge in [0.05, 0.1) is 4.92 Å². The van der Waals surface area contributed by atoms with E-state index in [0.29, 0.717) is 5.02 Å². The molecule has 3 N–H and O–H groups in total. The number of nitro benzene ring substituents is 1. The van der Waals surface area contributed by atoms with Crippen LogP contribution in [-0.2, 0) is 4.79 Å². The molecule has 0 aliphatic heterocycles. The molecule has 0 aliphatic rings. The fraction of sp³-hybridized carbons (Fsp3) is 0.188. The van der Waals surface area contributed by atoms with Crippen molar-refractivity contribution in [2.75, 3.05) is 11.9 Å². The largest absolute Gasteiger partial charge is 0.333 e. The van der Waals surface area contributed by atoms with Crippen LogP contribution >= 0.6 is 11.6 Å². The number of nitro groups is 1. The van der Waals surface area contributed by atoms with Gasteiger partial charge in [0.1, 0.15) is 11.7 Å². The molecule has 7 heteroatoms. The Kier molecular flexibility index (Phi) is 5.67. The van der Waals surface area contributed by atoms with Crippen LogP contribution in [0.15, 0.2) is 48.5 Å². The van der Waals surface area contributed by atoms with Crippen molar-refractivity contribution in [3.63, 3.8) is 0 Å². The number of rotatable bonds is 6. The Morgan fingerprint density at radius 2 is 2.04 bits per heavy atom. The molecule has 23 heavy (non-hydrogen) atoms. The van der Waals surface area contributed by atoms with Crippen LogP contribution in [0.2, 0.25) is 5.02 Å². The number of nitrogens with zero attached hydrogens (tertiary/aromatic N) is 1. The fourth-order valence-corrected chi connectivity index (χ4v) is 2.35. The second-order valence-electron chi connectivity index (χ2n) is 5.11. The monoisotopic (exact) mass is 334 g/mol. The topological polar surface area (TPSA) is 88.8 Å². The van der Waals surface area contributed by atoms with Gasteiger partial charge in [-0.1, -0.05) is 35.9 Å². The second kappa shape index (κ2) is 7.71. The van der Waals surface area contributed by atoms with E-state index >= 15 is 0 Å². The van der Waals surface area contributed by atoms with Crippen LogP contribution in [-0.4, -0.2) is 17.4 Å². The predicted molar refractivity (Wildman–Crippen MR) is 88.4 cm³/mol. The van der Waals surface area contributed by atoms with Gasteiger partial charge in [-0.2, -0.15) is 0 Å². The highest BCUT2D eigenvalue weighted by Gasteiger charge is 2.17. The van der Waals surface area contributed by atoms with Gasteiger partial charge in [-0.3, -0.25) is 14.9 Å². The van der Waals surface area contributed by atoms with E-state index < -0.39 is 4.92 Å². The van der Waals surface area contributed by atoms with Crippen molar-refractivity contribution in [1.29, 1.82) is 0 Å². The molecule has 1 atom stereocenters. The summed E-state index contributed by atoms with van der Waals surface area (Å²) in [5.41, 5.74) is 1.09. The number of carbonyl (C=O) groups is 1. The Hall–Kier alpha value is -2.44. The van der Waals surface area contributed by atoms with Gasteiger partial charge in [0.25, 0.3) is 11.6 Å². The van der Waals surface area contributed by atoms with E-state index in [9.17, 15) is 14.9 Å². The molecular weight excluding hydrogens is 318 g/mol. The van der Waals surface area contributed by atoms with Gasteiger partial charge >= 0.3 is 0 Å². The Morgan fingerprint density at radius 3 is 2.74 bits per heavy atom. The summed E-state index contributed by atoms with van der Waals surface area (Å²) in [7, 11) is 0. The van der Waals surface area contributed by atoms with Gasteiger partial charge in [0, 0.05) is 16.7 Å². The van der Waals surface area contributed by atoms with Crippen LogP contribution in [0.1, 0.15) is 18.5 Å². The van der Waals surface area contributed by atoms with Crippen LogP contribution in [0.25, 0.3) is 0 Å². The van der Waals surface area contributed by atoms with E-state index in [1.807, 2.05) is 30.4 Å². The van der Waals surface area contributed by atoms with Crippen molar-refractivity contribution in [2.24, 2.45) is 0 Å². The van der Waals surface area contributed by atoms with Crippen molar-refractivity contribution >= 4 is 28.9 Å². The van der Waals surface area contributed by atoms with Crippen LogP contribution in [0.4, 0.5) is 11.4 Å². The Bertz CT molecular complexity index is 721. The number of para-hydroxylation sites is 2. The summed E-state index contributed by atoms with van der Waals surface area (Å²) >= 11 is 5.95. The molecule has 2 aromatic carbocycles. The molecule has 2 rings (SSSR count). The Labute approximate surface area is 138 Å². The maximum absolute atomic E-state index is 12.0. The zero-order valence-corrected chi connectivity index (χ0v) is 13.3. The predicted octanol–water partition coefficient (Wildman–Crippen LogP) is 2.51. The number of hydrogen-bond donors (Lipinski definition) is 2.